The largest absolute Gasteiger partial charge is 0.369 e. The zero-order valence-corrected chi connectivity index (χ0v) is 18.0. The predicted octanol–water partition coefficient (Wildman–Crippen LogP) is 2.30. The van der Waals surface area contributed by atoms with Crippen LogP contribution in [-0.2, 0) is 9.84 Å². The standard InChI is InChI=1S/C21H33N3O3S/c1-4-24(16(2)3)18-10-8-17(9-11-18)21(25)22-19-14-28(26,27)15-20(19)23-12-6-5-7-13-23/h8-11,16,19-20H,4-7,12-15H2,1-3H3,(H,22,25). The molecule has 0 aromatic heterocycles. The molecule has 1 N–H and O–H groups in total. The SMILES string of the molecule is CCN(c1ccc(C(=O)NC2CS(=O)(=O)CC2N2CCCCC2)cc1)C(C)C. The van der Waals surface area contributed by atoms with E-state index in [1.165, 1.54) is 6.42 Å². The number of nitrogens with one attached hydrogen (secondary N) is 1. The second kappa shape index (κ2) is 8.82. The summed E-state index contributed by atoms with van der Waals surface area (Å²) < 4.78 is 24.5. The smallest absolute Gasteiger partial charge is 0.251 e. The quantitative estimate of drug-likeness (QED) is 0.784. The maximum Gasteiger partial charge on any atom is 0.251 e. The summed E-state index contributed by atoms with van der Waals surface area (Å²) in [6, 6.07) is 7.53. The first-order valence-corrected chi connectivity index (χ1v) is 12.2. The third kappa shape index (κ3) is 4.87. The molecule has 156 valence electrons. The van der Waals surface area contributed by atoms with Gasteiger partial charge in [-0.05, 0) is 71.0 Å². The second-order valence-electron chi connectivity index (χ2n) is 8.25. The zero-order chi connectivity index (χ0) is 20.3. The number of hydrogen-bond donors (Lipinski definition) is 1. The van der Waals surface area contributed by atoms with Crippen LogP contribution in [0, 0.1) is 0 Å². The van der Waals surface area contributed by atoms with Crippen LogP contribution < -0.4 is 10.2 Å². The average molecular weight is 408 g/mol. The fourth-order valence-corrected chi connectivity index (χ4v) is 6.43. The van der Waals surface area contributed by atoms with Crippen molar-refractivity contribution in [3.05, 3.63) is 29.8 Å². The van der Waals surface area contributed by atoms with Crippen LogP contribution >= 0.6 is 0 Å². The summed E-state index contributed by atoms with van der Waals surface area (Å²) in [7, 11) is -3.12. The lowest BCUT2D eigenvalue weighted by Gasteiger charge is -2.35. The molecule has 0 aliphatic carbocycles. The molecule has 7 heteroatoms. The van der Waals surface area contributed by atoms with Crippen LogP contribution in [0.4, 0.5) is 5.69 Å². The molecule has 0 radical (unpaired) electrons. The molecule has 2 saturated heterocycles. The number of rotatable bonds is 6. The van der Waals surface area contributed by atoms with E-state index in [4.69, 9.17) is 0 Å². The second-order valence-corrected chi connectivity index (χ2v) is 10.4. The summed E-state index contributed by atoms with van der Waals surface area (Å²) in [5, 5.41) is 3.01. The third-order valence-corrected chi connectivity index (χ3v) is 7.64. The number of anilines is 1. The van der Waals surface area contributed by atoms with E-state index in [2.05, 4.69) is 35.9 Å². The van der Waals surface area contributed by atoms with Crippen molar-refractivity contribution < 1.29 is 13.2 Å². The number of likely N-dealkylation sites (tertiary alicyclic amines) is 1. The molecule has 0 spiro atoms. The number of nitrogens with zero attached hydrogens (tertiary/aromatic N) is 2. The maximum absolute atomic E-state index is 12.8. The Morgan fingerprint density at radius 3 is 2.36 bits per heavy atom. The van der Waals surface area contributed by atoms with Gasteiger partial charge in [-0.15, -0.1) is 0 Å². The van der Waals surface area contributed by atoms with Crippen molar-refractivity contribution in [1.82, 2.24) is 10.2 Å². The van der Waals surface area contributed by atoms with Crippen molar-refractivity contribution >= 4 is 21.4 Å². The van der Waals surface area contributed by atoms with Crippen molar-refractivity contribution in [2.45, 2.75) is 58.2 Å². The van der Waals surface area contributed by atoms with Gasteiger partial charge in [0, 0.05) is 29.9 Å². The Morgan fingerprint density at radius 2 is 1.79 bits per heavy atom. The van der Waals surface area contributed by atoms with Crippen molar-refractivity contribution in [2.24, 2.45) is 0 Å². The van der Waals surface area contributed by atoms with E-state index in [0.717, 1.165) is 38.2 Å². The first-order chi connectivity index (χ1) is 13.3. The molecule has 2 atom stereocenters. The number of sulfone groups is 1. The van der Waals surface area contributed by atoms with Crippen LogP contribution in [0.5, 0.6) is 0 Å². The number of carbonyl (C=O) groups excluding carboxylic acids is 1. The Labute approximate surface area is 169 Å². The molecule has 6 nitrogen and oxygen atoms in total. The Kier molecular flexibility index (Phi) is 6.65. The van der Waals surface area contributed by atoms with Crippen LogP contribution in [0.2, 0.25) is 0 Å². The van der Waals surface area contributed by atoms with Crippen molar-refractivity contribution in [3.8, 4) is 0 Å². The lowest BCUT2D eigenvalue weighted by atomic mass is 10.0. The van der Waals surface area contributed by atoms with Gasteiger partial charge in [0.25, 0.3) is 5.91 Å². The Hall–Kier alpha value is -1.60. The molecule has 2 fully saturated rings. The highest BCUT2D eigenvalue weighted by Crippen LogP contribution is 2.23. The first kappa shape index (κ1) is 21.1. The van der Waals surface area contributed by atoms with Gasteiger partial charge in [-0.3, -0.25) is 9.69 Å². The van der Waals surface area contributed by atoms with Gasteiger partial charge in [0.1, 0.15) is 0 Å². The number of benzene rings is 1. The van der Waals surface area contributed by atoms with E-state index in [9.17, 15) is 13.2 Å². The van der Waals surface area contributed by atoms with Gasteiger partial charge in [0.05, 0.1) is 17.5 Å². The molecule has 28 heavy (non-hydrogen) atoms. The van der Waals surface area contributed by atoms with Crippen molar-refractivity contribution in [3.63, 3.8) is 0 Å². The topological polar surface area (TPSA) is 69.7 Å². The third-order valence-electron chi connectivity index (χ3n) is 5.92. The fraction of sp³-hybridized carbons (Fsp3) is 0.667. The van der Waals surface area contributed by atoms with E-state index in [-0.39, 0.29) is 29.5 Å². The predicted molar refractivity (Wildman–Crippen MR) is 114 cm³/mol. The van der Waals surface area contributed by atoms with E-state index < -0.39 is 9.84 Å². The Balaban J connectivity index is 1.70. The van der Waals surface area contributed by atoms with Crippen LogP contribution in [0.1, 0.15) is 50.4 Å². The van der Waals surface area contributed by atoms with Gasteiger partial charge in [-0.25, -0.2) is 8.42 Å². The number of amides is 1. The summed E-state index contributed by atoms with van der Waals surface area (Å²) in [5.41, 5.74) is 1.66. The molecule has 1 aromatic carbocycles. The highest BCUT2D eigenvalue weighted by atomic mass is 32.2. The fourth-order valence-electron chi connectivity index (χ4n) is 4.48. The maximum atomic E-state index is 12.8. The normalized spacial score (nSPS) is 25.0. The minimum atomic E-state index is -3.12. The van der Waals surface area contributed by atoms with E-state index in [0.29, 0.717) is 11.6 Å². The molecular weight excluding hydrogens is 374 g/mol. The number of piperidine rings is 1. The lowest BCUT2D eigenvalue weighted by Crippen LogP contribution is -2.52. The van der Waals surface area contributed by atoms with Gasteiger partial charge in [-0.1, -0.05) is 6.42 Å². The minimum Gasteiger partial charge on any atom is -0.369 e. The van der Waals surface area contributed by atoms with Crippen molar-refractivity contribution in [2.75, 3.05) is 36.0 Å². The van der Waals surface area contributed by atoms with Crippen molar-refractivity contribution in [1.29, 1.82) is 0 Å². The molecule has 2 heterocycles. The van der Waals surface area contributed by atoms with Crippen LogP contribution in [0.3, 0.4) is 0 Å². The Morgan fingerprint density at radius 1 is 1.14 bits per heavy atom. The monoisotopic (exact) mass is 407 g/mol. The molecular formula is C21H33N3O3S. The summed E-state index contributed by atoms with van der Waals surface area (Å²) in [6.45, 7) is 9.14. The summed E-state index contributed by atoms with van der Waals surface area (Å²) in [4.78, 5) is 17.3. The van der Waals surface area contributed by atoms with Crippen LogP contribution in [-0.4, -0.2) is 68.5 Å². The highest BCUT2D eigenvalue weighted by Gasteiger charge is 2.41. The molecule has 1 aromatic rings. The molecule has 1 amide bonds. The van der Waals surface area contributed by atoms with Gasteiger partial charge in [0.15, 0.2) is 9.84 Å². The minimum absolute atomic E-state index is 0.0367. The van der Waals surface area contributed by atoms with E-state index in [1.54, 1.807) is 0 Å². The highest BCUT2D eigenvalue weighted by molar-refractivity contribution is 7.91. The lowest BCUT2D eigenvalue weighted by molar-refractivity contribution is 0.0900. The van der Waals surface area contributed by atoms with E-state index in [1.807, 2.05) is 24.3 Å². The number of carbonyl (C=O) groups is 1. The van der Waals surface area contributed by atoms with Crippen LogP contribution in [0.15, 0.2) is 24.3 Å². The average Bonchev–Trinajstić information content (AvgIpc) is 2.97. The molecule has 3 rings (SSSR count). The molecule has 0 bridgehead atoms. The van der Waals surface area contributed by atoms with Gasteiger partial charge < -0.3 is 10.2 Å². The first-order valence-electron chi connectivity index (χ1n) is 10.4. The molecule has 2 aliphatic rings. The van der Waals surface area contributed by atoms with Gasteiger partial charge in [0.2, 0.25) is 0 Å². The van der Waals surface area contributed by atoms with Crippen LogP contribution in [0.25, 0.3) is 0 Å². The number of hydrogen-bond acceptors (Lipinski definition) is 5. The zero-order valence-electron chi connectivity index (χ0n) is 17.2. The summed E-state index contributed by atoms with van der Waals surface area (Å²) in [6.07, 6.45) is 3.40. The Bertz CT molecular complexity index is 771. The molecule has 0 saturated carbocycles. The molecule has 2 unspecified atom stereocenters. The summed E-state index contributed by atoms with van der Waals surface area (Å²) in [5.74, 6) is -0.00524. The molecule has 2 aliphatic heterocycles. The van der Waals surface area contributed by atoms with E-state index >= 15 is 0 Å². The summed E-state index contributed by atoms with van der Waals surface area (Å²) >= 11 is 0. The van der Waals surface area contributed by atoms with Gasteiger partial charge >= 0.3 is 0 Å². The van der Waals surface area contributed by atoms with Gasteiger partial charge in [-0.2, -0.15) is 0 Å².